The number of carboxylic acid groups (broad SMARTS) is 4. The van der Waals surface area contributed by atoms with E-state index in [4.69, 9.17) is 20.4 Å². The van der Waals surface area contributed by atoms with Crippen molar-refractivity contribution in [3.63, 3.8) is 0 Å². The molecule has 0 saturated carbocycles. The van der Waals surface area contributed by atoms with Gasteiger partial charge in [-0.25, -0.2) is 0 Å². The summed E-state index contributed by atoms with van der Waals surface area (Å²) in [7, 11) is 0. The van der Waals surface area contributed by atoms with Gasteiger partial charge in [0.15, 0.2) is 0 Å². The lowest BCUT2D eigenvalue weighted by Gasteiger charge is -2.03. The molecule has 0 fully saturated rings. The number of hydrogen-bond acceptors (Lipinski definition) is 4. The van der Waals surface area contributed by atoms with Crippen LogP contribution in [-0.2, 0) is 19.2 Å². The first kappa shape index (κ1) is 90.3. The summed E-state index contributed by atoms with van der Waals surface area (Å²) < 4.78 is 0. The highest BCUT2D eigenvalue weighted by molar-refractivity contribution is 5.67. The van der Waals surface area contributed by atoms with Gasteiger partial charge in [-0.1, -0.05) is 426 Å². The first-order chi connectivity index (χ1) is 42.1. The van der Waals surface area contributed by atoms with Gasteiger partial charge in [-0.3, -0.25) is 19.2 Å². The van der Waals surface area contributed by atoms with Crippen LogP contribution in [0.15, 0.2) is 0 Å². The zero-order valence-corrected chi connectivity index (χ0v) is 58.9. The molecule has 8 nitrogen and oxygen atoms in total. The highest BCUT2D eigenvalue weighted by Gasteiger charge is 2.02. The fourth-order valence-corrected chi connectivity index (χ4v) is 11.7. The van der Waals surface area contributed by atoms with Gasteiger partial charge in [0.1, 0.15) is 0 Å². The van der Waals surface area contributed by atoms with E-state index in [0.29, 0.717) is 25.7 Å². The summed E-state index contributed by atoms with van der Waals surface area (Å²) in [6.07, 6.45) is 89.6. The molecular formula is C78H156O8. The number of carboxylic acids is 4. The average Bonchev–Trinajstić information content (AvgIpc) is 3.48. The molecule has 0 unspecified atom stereocenters. The molecular weight excluding hydrogens is 1060 g/mol. The van der Waals surface area contributed by atoms with Gasteiger partial charge in [-0.2, -0.15) is 0 Å². The highest BCUT2D eigenvalue weighted by atomic mass is 16.4. The van der Waals surface area contributed by atoms with Gasteiger partial charge in [0, 0.05) is 25.7 Å². The van der Waals surface area contributed by atoms with Crippen molar-refractivity contribution in [3.8, 4) is 0 Å². The van der Waals surface area contributed by atoms with Crippen LogP contribution in [0.5, 0.6) is 0 Å². The normalized spacial score (nSPS) is 10.9. The van der Waals surface area contributed by atoms with Crippen LogP contribution in [0.2, 0.25) is 0 Å². The Kier molecular flexibility index (Phi) is 91.4. The van der Waals surface area contributed by atoms with Crippen LogP contribution in [-0.4, -0.2) is 44.3 Å². The van der Waals surface area contributed by atoms with Gasteiger partial charge in [-0.05, 0) is 25.7 Å². The molecule has 0 heterocycles. The van der Waals surface area contributed by atoms with Crippen molar-refractivity contribution in [1.29, 1.82) is 0 Å². The van der Waals surface area contributed by atoms with Crippen LogP contribution in [0, 0.1) is 0 Å². The maximum atomic E-state index is 10.4. The first-order valence-electron chi connectivity index (χ1n) is 39.0. The van der Waals surface area contributed by atoms with Crippen molar-refractivity contribution in [2.24, 2.45) is 0 Å². The molecule has 0 aromatic heterocycles. The molecule has 0 atom stereocenters. The monoisotopic (exact) mass is 1220 g/mol. The van der Waals surface area contributed by atoms with E-state index in [1.807, 2.05) is 0 Å². The van der Waals surface area contributed by atoms with Crippen molar-refractivity contribution in [1.82, 2.24) is 0 Å². The second kappa shape index (κ2) is 87.1. The largest absolute Gasteiger partial charge is 0.481 e. The Labute approximate surface area is 538 Å². The van der Waals surface area contributed by atoms with Crippen LogP contribution in [0.25, 0.3) is 0 Å². The Morgan fingerprint density at radius 1 is 0.140 bits per heavy atom. The van der Waals surface area contributed by atoms with Gasteiger partial charge in [0.25, 0.3) is 0 Å². The van der Waals surface area contributed by atoms with E-state index in [9.17, 15) is 19.2 Å². The first-order valence-corrected chi connectivity index (χ1v) is 39.0. The Bertz CT molecular complexity index is 1160. The SMILES string of the molecule is CCCCCCCCCCCCCCCCCCC(=O)O.CCCCCCCCCCCCCCCCCCC(=O)O.CCCCCCCCCCCCCCCCCCCC(=O)O.CCCCCCCCCCCCCCCCCCCC(=O)O. The summed E-state index contributed by atoms with van der Waals surface area (Å²) in [5.41, 5.74) is 0. The second-order valence-electron chi connectivity index (χ2n) is 26.5. The van der Waals surface area contributed by atoms with Crippen LogP contribution in [0.3, 0.4) is 0 Å². The summed E-state index contributed by atoms with van der Waals surface area (Å²) in [6, 6.07) is 0. The molecule has 0 rings (SSSR count). The van der Waals surface area contributed by atoms with Gasteiger partial charge in [0.2, 0.25) is 0 Å². The van der Waals surface area contributed by atoms with Crippen LogP contribution in [0.1, 0.15) is 477 Å². The smallest absolute Gasteiger partial charge is 0.303 e. The minimum absolute atomic E-state index is 0.346. The standard InChI is InChI=1S/2C20H40O2.2C19H38O2/c2*1-2-3-4-5-6-7-8-9-10-11-12-13-14-15-16-17-18-19-20(21)22;2*1-2-3-4-5-6-7-8-9-10-11-12-13-14-15-16-17-18-19(20)21/h2*2-19H2,1H3,(H,21,22);2*2-18H2,1H3,(H,20,21). The van der Waals surface area contributed by atoms with Gasteiger partial charge >= 0.3 is 23.9 Å². The quantitative estimate of drug-likeness (QED) is 0.0440. The average molecular weight is 1220 g/mol. The van der Waals surface area contributed by atoms with E-state index < -0.39 is 23.9 Å². The van der Waals surface area contributed by atoms with Crippen LogP contribution >= 0.6 is 0 Å². The van der Waals surface area contributed by atoms with E-state index in [2.05, 4.69) is 27.7 Å². The summed E-state index contributed by atoms with van der Waals surface area (Å²) >= 11 is 0. The van der Waals surface area contributed by atoms with E-state index in [1.165, 1.54) is 372 Å². The van der Waals surface area contributed by atoms with Crippen molar-refractivity contribution in [2.75, 3.05) is 0 Å². The molecule has 4 N–H and O–H groups in total. The molecule has 0 aromatic carbocycles. The van der Waals surface area contributed by atoms with E-state index >= 15 is 0 Å². The molecule has 8 heteroatoms. The van der Waals surface area contributed by atoms with Gasteiger partial charge in [-0.15, -0.1) is 0 Å². The fraction of sp³-hybridized carbons (Fsp3) is 0.949. The maximum absolute atomic E-state index is 10.4. The molecule has 0 aliphatic rings. The maximum Gasteiger partial charge on any atom is 0.303 e. The Morgan fingerprint density at radius 3 is 0.279 bits per heavy atom. The number of hydrogen-bond donors (Lipinski definition) is 4. The molecule has 0 radical (unpaired) electrons. The lowest BCUT2D eigenvalue weighted by molar-refractivity contribution is -0.138. The predicted molar refractivity (Wildman–Crippen MR) is 376 cm³/mol. The zero-order valence-electron chi connectivity index (χ0n) is 58.9. The lowest BCUT2D eigenvalue weighted by atomic mass is 10.0. The lowest BCUT2D eigenvalue weighted by Crippen LogP contribution is -1.93. The summed E-state index contributed by atoms with van der Waals surface area (Å²) in [5, 5.41) is 34.1. The molecule has 516 valence electrons. The third-order valence-corrected chi connectivity index (χ3v) is 17.5. The molecule has 0 aromatic rings. The topological polar surface area (TPSA) is 149 Å². The van der Waals surface area contributed by atoms with Gasteiger partial charge in [0.05, 0.1) is 0 Å². The van der Waals surface area contributed by atoms with Crippen molar-refractivity contribution < 1.29 is 39.6 Å². The molecule has 0 spiro atoms. The summed E-state index contributed by atoms with van der Waals surface area (Å²) in [6.45, 7) is 9.10. The van der Waals surface area contributed by atoms with Crippen molar-refractivity contribution >= 4 is 23.9 Å². The minimum atomic E-state index is -0.652. The molecule has 0 bridgehead atoms. The van der Waals surface area contributed by atoms with E-state index in [-0.39, 0.29) is 0 Å². The zero-order chi connectivity index (χ0) is 63.8. The molecule has 0 amide bonds. The third-order valence-electron chi connectivity index (χ3n) is 17.5. The van der Waals surface area contributed by atoms with Crippen molar-refractivity contribution in [2.45, 2.75) is 477 Å². The van der Waals surface area contributed by atoms with E-state index in [0.717, 1.165) is 51.4 Å². The van der Waals surface area contributed by atoms with Crippen LogP contribution < -0.4 is 0 Å². The number of carbonyl (C=O) groups is 4. The number of aliphatic carboxylic acids is 4. The van der Waals surface area contributed by atoms with E-state index in [1.54, 1.807) is 0 Å². The fourth-order valence-electron chi connectivity index (χ4n) is 11.7. The molecule has 0 aliphatic carbocycles. The number of rotatable bonds is 70. The summed E-state index contributed by atoms with van der Waals surface area (Å²) in [5.74, 6) is -2.61. The molecule has 86 heavy (non-hydrogen) atoms. The molecule has 0 aliphatic heterocycles. The van der Waals surface area contributed by atoms with Crippen LogP contribution in [0.4, 0.5) is 0 Å². The van der Waals surface area contributed by atoms with Gasteiger partial charge < -0.3 is 20.4 Å². The van der Waals surface area contributed by atoms with Crippen molar-refractivity contribution in [3.05, 3.63) is 0 Å². The summed E-state index contributed by atoms with van der Waals surface area (Å²) in [4.78, 5) is 41.4. The third kappa shape index (κ3) is 104. The Balaban J connectivity index is -0.000000521. The predicted octanol–water partition coefficient (Wildman–Crippen LogP) is 27.7. The number of unbranched alkanes of at least 4 members (excludes halogenated alkanes) is 62. The molecule has 0 saturated heterocycles. The second-order valence-corrected chi connectivity index (χ2v) is 26.5. The highest BCUT2D eigenvalue weighted by Crippen LogP contribution is 2.19. The minimum Gasteiger partial charge on any atom is -0.481 e. The Hall–Kier alpha value is -2.12. The Morgan fingerprint density at radius 2 is 0.209 bits per heavy atom.